The second kappa shape index (κ2) is 5.69. The van der Waals surface area contributed by atoms with Crippen LogP contribution >= 0.6 is 0 Å². The summed E-state index contributed by atoms with van der Waals surface area (Å²) in [6, 6.07) is 5.54. The minimum absolute atomic E-state index is 0.0845. The van der Waals surface area contributed by atoms with Crippen molar-refractivity contribution in [2.75, 3.05) is 6.54 Å². The second-order valence-electron chi connectivity index (χ2n) is 5.63. The molecule has 0 amide bonds. The molecule has 0 saturated heterocycles. The lowest BCUT2D eigenvalue weighted by atomic mass is 9.70. The highest BCUT2D eigenvalue weighted by atomic mass is 19.1. The van der Waals surface area contributed by atoms with Gasteiger partial charge < -0.3 is 5.11 Å². The minimum atomic E-state index is -1.44. The normalized spacial score (nSPS) is 14.7. The molecule has 1 N–H and O–H groups in total. The summed E-state index contributed by atoms with van der Waals surface area (Å²) < 4.78 is 14.6. The molecule has 0 bridgehead atoms. The third-order valence-electron chi connectivity index (χ3n) is 3.76. The molecule has 0 aliphatic rings. The van der Waals surface area contributed by atoms with Gasteiger partial charge in [0.1, 0.15) is 24.1 Å². The van der Waals surface area contributed by atoms with Crippen molar-refractivity contribution in [1.29, 1.82) is 0 Å². The van der Waals surface area contributed by atoms with Crippen LogP contribution in [0.3, 0.4) is 0 Å². The lowest BCUT2D eigenvalue weighted by Gasteiger charge is -2.41. The van der Waals surface area contributed by atoms with E-state index in [9.17, 15) is 14.4 Å². The van der Waals surface area contributed by atoms with Crippen molar-refractivity contribution in [3.63, 3.8) is 0 Å². The predicted molar refractivity (Wildman–Crippen MR) is 74.8 cm³/mol. The van der Waals surface area contributed by atoms with Gasteiger partial charge in [-0.3, -0.25) is 0 Å². The molecule has 7 heteroatoms. The van der Waals surface area contributed by atoms with Gasteiger partial charge >= 0.3 is 0 Å². The van der Waals surface area contributed by atoms with Crippen LogP contribution in [0.5, 0.6) is 0 Å². The van der Waals surface area contributed by atoms with E-state index in [2.05, 4.69) is 15.3 Å². The molecule has 0 spiro atoms. The molecule has 21 heavy (non-hydrogen) atoms. The van der Waals surface area contributed by atoms with Crippen LogP contribution in [0, 0.1) is 16.1 Å². The molecule has 0 aliphatic carbocycles. The molecule has 0 fully saturated rings. The molecule has 2 rings (SSSR count). The Bertz CT molecular complexity index is 598. The summed E-state index contributed by atoms with van der Waals surface area (Å²) in [5.41, 5.74) is -1.81. The smallest absolute Gasteiger partial charge is 0.137 e. The highest BCUT2D eigenvalue weighted by Gasteiger charge is 2.46. The second-order valence-corrected chi connectivity index (χ2v) is 5.63. The maximum Gasteiger partial charge on any atom is 0.137 e. The number of aliphatic hydroxyl groups is 1. The van der Waals surface area contributed by atoms with Gasteiger partial charge in [-0.1, -0.05) is 31.2 Å². The first kappa shape index (κ1) is 15.2. The van der Waals surface area contributed by atoms with Crippen LogP contribution < -0.4 is 0 Å². The Morgan fingerprint density at radius 1 is 1.33 bits per heavy atom. The topological polar surface area (TPSA) is 80.4 Å². The van der Waals surface area contributed by atoms with Crippen LogP contribution in [0.2, 0.25) is 0 Å². The highest BCUT2D eigenvalue weighted by molar-refractivity contribution is 5.25. The van der Waals surface area contributed by atoms with Crippen molar-refractivity contribution < 1.29 is 9.50 Å². The molecule has 1 aromatic heterocycles. The number of halogens is 1. The Balaban J connectivity index is 2.47. The maximum atomic E-state index is 13.1. The largest absolute Gasteiger partial charge is 0.383 e. The monoisotopic (exact) mass is 292 g/mol. The van der Waals surface area contributed by atoms with E-state index in [0.717, 1.165) is 0 Å². The van der Waals surface area contributed by atoms with E-state index in [1.54, 1.807) is 13.8 Å². The van der Waals surface area contributed by atoms with Gasteiger partial charge in [-0.25, -0.2) is 14.1 Å². The van der Waals surface area contributed by atoms with E-state index in [1.807, 2.05) is 0 Å². The summed E-state index contributed by atoms with van der Waals surface area (Å²) in [6.45, 7) is 3.46. The minimum Gasteiger partial charge on any atom is -0.383 e. The predicted octanol–water partition coefficient (Wildman–Crippen LogP) is 2.10. The van der Waals surface area contributed by atoms with E-state index in [0.29, 0.717) is 5.56 Å². The van der Waals surface area contributed by atoms with Crippen molar-refractivity contribution in [2.24, 2.45) is 10.6 Å². The van der Waals surface area contributed by atoms with Gasteiger partial charge in [0.15, 0.2) is 0 Å². The van der Waals surface area contributed by atoms with E-state index < -0.39 is 16.8 Å². The summed E-state index contributed by atoms with van der Waals surface area (Å²) in [6.07, 6.45) is 2.83. The summed E-state index contributed by atoms with van der Waals surface area (Å²) in [4.78, 5) is 14.5. The van der Waals surface area contributed by atoms with Gasteiger partial charge in [-0.05, 0) is 17.7 Å². The molecule has 6 nitrogen and oxygen atoms in total. The molecule has 0 aliphatic heterocycles. The van der Waals surface area contributed by atoms with Crippen LogP contribution in [0.15, 0.2) is 42.1 Å². The van der Waals surface area contributed by atoms with Crippen molar-refractivity contribution in [3.05, 3.63) is 53.2 Å². The lowest BCUT2D eigenvalue weighted by molar-refractivity contribution is -0.0848. The molecular weight excluding hydrogens is 275 g/mol. The Hall–Kier alpha value is -2.15. The summed E-state index contributed by atoms with van der Waals surface area (Å²) in [5, 5.41) is 18.1. The first-order valence-electron chi connectivity index (χ1n) is 6.49. The quantitative estimate of drug-likeness (QED) is 0.827. The van der Waals surface area contributed by atoms with E-state index in [4.69, 9.17) is 0 Å². The molecule has 0 saturated carbocycles. The summed E-state index contributed by atoms with van der Waals surface area (Å²) >= 11 is 0. The SMILES string of the molecule is CC(C)(CN=O)C(O)(Cn1cncn1)c1ccc(F)cc1. The molecule has 112 valence electrons. The van der Waals surface area contributed by atoms with Gasteiger partial charge in [-0.2, -0.15) is 10.0 Å². The molecule has 1 unspecified atom stereocenters. The van der Waals surface area contributed by atoms with Gasteiger partial charge in [0, 0.05) is 5.41 Å². The highest BCUT2D eigenvalue weighted by Crippen LogP contribution is 2.41. The number of hydrogen-bond acceptors (Lipinski definition) is 5. The number of hydrogen-bond donors (Lipinski definition) is 1. The van der Waals surface area contributed by atoms with E-state index in [1.165, 1.54) is 41.6 Å². The van der Waals surface area contributed by atoms with Crippen molar-refractivity contribution in [2.45, 2.75) is 26.0 Å². The Morgan fingerprint density at radius 2 is 2.00 bits per heavy atom. The number of rotatable bonds is 6. The first-order valence-corrected chi connectivity index (χ1v) is 6.49. The fourth-order valence-electron chi connectivity index (χ4n) is 2.26. The van der Waals surface area contributed by atoms with Crippen molar-refractivity contribution >= 4 is 0 Å². The van der Waals surface area contributed by atoms with Crippen LogP contribution in [0.25, 0.3) is 0 Å². The fourth-order valence-corrected chi connectivity index (χ4v) is 2.26. The van der Waals surface area contributed by atoms with E-state index >= 15 is 0 Å². The zero-order valence-corrected chi connectivity index (χ0v) is 11.9. The Kier molecular flexibility index (Phi) is 4.13. The summed E-state index contributed by atoms with van der Waals surface area (Å²) in [7, 11) is 0. The summed E-state index contributed by atoms with van der Waals surface area (Å²) in [5.74, 6) is -0.395. The third-order valence-corrected chi connectivity index (χ3v) is 3.76. The number of aromatic nitrogens is 3. The van der Waals surface area contributed by atoms with Gasteiger partial charge in [0.25, 0.3) is 0 Å². The molecule has 2 aromatic rings. The molecule has 1 heterocycles. The average Bonchev–Trinajstić information content (AvgIpc) is 2.91. The van der Waals surface area contributed by atoms with Gasteiger partial charge in [0.05, 0.1) is 13.1 Å². The van der Waals surface area contributed by atoms with Crippen LogP contribution in [0.1, 0.15) is 19.4 Å². The standard InChI is InChI=1S/C14H17FN4O2/c1-13(2,7-18-21)14(20,8-19-10-16-9-17-19)11-3-5-12(15)6-4-11/h3-6,9-10,20H,7-8H2,1-2H3. The number of nitrogens with zero attached hydrogens (tertiary/aromatic N) is 4. The van der Waals surface area contributed by atoms with Crippen LogP contribution in [-0.2, 0) is 12.1 Å². The maximum absolute atomic E-state index is 13.1. The van der Waals surface area contributed by atoms with Crippen LogP contribution in [-0.4, -0.2) is 26.4 Å². The van der Waals surface area contributed by atoms with Crippen LogP contribution in [0.4, 0.5) is 4.39 Å². The Morgan fingerprint density at radius 3 is 2.52 bits per heavy atom. The zero-order valence-electron chi connectivity index (χ0n) is 11.9. The molecule has 0 radical (unpaired) electrons. The molecule has 1 aromatic carbocycles. The fraction of sp³-hybridized carbons (Fsp3) is 0.429. The van der Waals surface area contributed by atoms with Crippen molar-refractivity contribution in [3.8, 4) is 0 Å². The molecule has 1 atom stereocenters. The van der Waals surface area contributed by atoms with Crippen molar-refractivity contribution in [1.82, 2.24) is 14.8 Å². The van der Waals surface area contributed by atoms with Gasteiger partial charge in [-0.15, -0.1) is 0 Å². The molecular formula is C14H17FN4O2. The van der Waals surface area contributed by atoms with Gasteiger partial charge in [0.2, 0.25) is 0 Å². The number of nitroso groups, excluding NO2 is 1. The zero-order chi connectivity index (χ0) is 15.5. The number of benzene rings is 1. The lowest BCUT2D eigenvalue weighted by Crippen LogP contribution is -2.47. The van der Waals surface area contributed by atoms with E-state index in [-0.39, 0.29) is 13.1 Å². The third kappa shape index (κ3) is 2.97. The first-order chi connectivity index (χ1) is 9.89. The Labute approximate surface area is 121 Å². The average molecular weight is 292 g/mol.